The summed E-state index contributed by atoms with van der Waals surface area (Å²) in [4.78, 5) is 24.8. The molecule has 0 bridgehead atoms. The zero-order valence-electron chi connectivity index (χ0n) is 17.9. The predicted molar refractivity (Wildman–Crippen MR) is 111 cm³/mol. The summed E-state index contributed by atoms with van der Waals surface area (Å²) in [6.45, 7) is 8.72. The molecule has 0 aliphatic heterocycles. The molecular formula is C24H32O5. The summed E-state index contributed by atoms with van der Waals surface area (Å²) in [6.07, 6.45) is 6.43. The maximum Gasteiger partial charge on any atom is 0.337 e. The van der Waals surface area contributed by atoms with E-state index < -0.39 is 11.4 Å². The SMILES string of the molecule is C=C1CCC[C@@H]2[C@@](C=O)(Cc3cc(C(=O)OC)cc(OC)c3O)[C@H](C)CC[C@@]12C. The molecule has 0 spiro atoms. The molecule has 1 aromatic rings. The quantitative estimate of drug-likeness (QED) is 0.440. The number of esters is 1. The topological polar surface area (TPSA) is 72.8 Å². The molecule has 0 aromatic heterocycles. The lowest BCUT2D eigenvalue weighted by Gasteiger charge is -2.57. The van der Waals surface area contributed by atoms with Crippen LogP contribution in [-0.4, -0.2) is 31.6 Å². The van der Waals surface area contributed by atoms with Crippen molar-refractivity contribution in [2.24, 2.45) is 22.7 Å². The van der Waals surface area contributed by atoms with Gasteiger partial charge in [0.25, 0.3) is 0 Å². The first-order valence-electron chi connectivity index (χ1n) is 10.4. The highest BCUT2D eigenvalue weighted by molar-refractivity contribution is 5.90. The van der Waals surface area contributed by atoms with Gasteiger partial charge in [-0.1, -0.05) is 26.0 Å². The minimum atomic E-state index is -0.631. The van der Waals surface area contributed by atoms with Crippen molar-refractivity contribution in [3.8, 4) is 11.5 Å². The van der Waals surface area contributed by atoms with Gasteiger partial charge in [0.1, 0.15) is 6.29 Å². The van der Waals surface area contributed by atoms with E-state index in [1.807, 2.05) is 0 Å². The zero-order chi connectivity index (χ0) is 21.4. The summed E-state index contributed by atoms with van der Waals surface area (Å²) < 4.78 is 10.1. The second kappa shape index (κ2) is 7.85. The van der Waals surface area contributed by atoms with Crippen LogP contribution < -0.4 is 4.74 Å². The van der Waals surface area contributed by atoms with Gasteiger partial charge in [0.05, 0.1) is 19.8 Å². The summed E-state index contributed by atoms with van der Waals surface area (Å²) in [5.74, 6) is 0.0110. The van der Waals surface area contributed by atoms with E-state index in [2.05, 4.69) is 20.4 Å². The minimum absolute atomic E-state index is 0.0181. The normalized spacial score (nSPS) is 31.7. The second-order valence-corrected chi connectivity index (χ2v) is 8.99. The van der Waals surface area contributed by atoms with Crippen LogP contribution in [0.2, 0.25) is 0 Å². The van der Waals surface area contributed by atoms with Gasteiger partial charge in [-0.3, -0.25) is 0 Å². The molecule has 0 saturated heterocycles. The third-order valence-electron chi connectivity index (χ3n) is 7.72. The number of phenolic OH excluding ortho intramolecular Hbond substituents is 1. The maximum atomic E-state index is 12.7. The van der Waals surface area contributed by atoms with Gasteiger partial charge in [-0.15, -0.1) is 0 Å². The van der Waals surface area contributed by atoms with Crippen LogP contribution >= 0.6 is 0 Å². The van der Waals surface area contributed by atoms with Gasteiger partial charge >= 0.3 is 5.97 Å². The first kappa shape index (κ1) is 21.4. The number of carbonyl (C=O) groups is 2. The highest BCUT2D eigenvalue weighted by atomic mass is 16.5. The fraction of sp³-hybridized carbons (Fsp3) is 0.583. The Labute approximate surface area is 173 Å². The number of hydrogen-bond acceptors (Lipinski definition) is 5. The molecule has 3 rings (SSSR count). The lowest BCUT2D eigenvalue weighted by molar-refractivity contribution is -0.134. The van der Waals surface area contributed by atoms with Crippen LogP contribution in [0.4, 0.5) is 0 Å². The molecule has 0 heterocycles. The number of methoxy groups -OCH3 is 2. The molecule has 4 atom stereocenters. The highest BCUT2D eigenvalue weighted by Gasteiger charge is 2.56. The monoisotopic (exact) mass is 400 g/mol. The molecule has 5 nitrogen and oxygen atoms in total. The van der Waals surface area contributed by atoms with Crippen molar-refractivity contribution in [3.05, 3.63) is 35.4 Å². The van der Waals surface area contributed by atoms with Gasteiger partial charge in [-0.2, -0.15) is 0 Å². The number of phenols is 1. The Kier molecular flexibility index (Phi) is 5.79. The highest BCUT2D eigenvalue weighted by Crippen LogP contribution is 2.62. The first-order valence-corrected chi connectivity index (χ1v) is 10.4. The van der Waals surface area contributed by atoms with E-state index in [1.165, 1.54) is 25.9 Å². The van der Waals surface area contributed by atoms with E-state index in [9.17, 15) is 14.7 Å². The fourth-order valence-corrected chi connectivity index (χ4v) is 5.77. The third kappa shape index (κ3) is 3.34. The number of benzene rings is 1. The van der Waals surface area contributed by atoms with Crippen LogP contribution in [0.25, 0.3) is 0 Å². The number of hydrogen-bond donors (Lipinski definition) is 1. The van der Waals surface area contributed by atoms with E-state index in [0.717, 1.165) is 38.4 Å². The summed E-state index contributed by atoms with van der Waals surface area (Å²) in [6, 6.07) is 3.10. The number of allylic oxidation sites excluding steroid dienone is 1. The standard InChI is InChI=1S/C24H32O5/c1-15-7-6-8-20-23(15,3)10-9-16(2)24(20,14-25)13-18-11-17(22(27)29-5)12-19(28-4)21(18)26/h11-12,14,16,20,26H,1,6-10,13H2,2-5H3/t16-,20+,23+,24-/m1/s1. The second-order valence-electron chi connectivity index (χ2n) is 8.99. The van der Waals surface area contributed by atoms with E-state index in [0.29, 0.717) is 17.5 Å². The number of rotatable bonds is 5. The van der Waals surface area contributed by atoms with Crippen molar-refractivity contribution in [1.29, 1.82) is 0 Å². The number of aldehydes is 1. The number of ether oxygens (including phenoxy) is 2. The molecule has 5 heteroatoms. The molecular weight excluding hydrogens is 368 g/mol. The molecule has 29 heavy (non-hydrogen) atoms. The van der Waals surface area contributed by atoms with Gasteiger partial charge in [0.2, 0.25) is 0 Å². The summed E-state index contributed by atoms with van der Waals surface area (Å²) >= 11 is 0. The zero-order valence-corrected chi connectivity index (χ0v) is 17.9. The van der Waals surface area contributed by atoms with Crippen LogP contribution in [0.15, 0.2) is 24.3 Å². The Morgan fingerprint density at radius 3 is 2.69 bits per heavy atom. The van der Waals surface area contributed by atoms with Crippen molar-refractivity contribution in [2.75, 3.05) is 14.2 Å². The fourth-order valence-electron chi connectivity index (χ4n) is 5.77. The summed E-state index contributed by atoms with van der Waals surface area (Å²) in [5, 5.41) is 10.8. The molecule has 2 fully saturated rings. The van der Waals surface area contributed by atoms with Crippen LogP contribution in [0.1, 0.15) is 61.9 Å². The molecule has 0 radical (unpaired) electrons. The smallest absolute Gasteiger partial charge is 0.337 e. The van der Waals surface area contributed by atoms with Gasteiger partial charge in [0, 0.05) is 5.41 Å². The molecule has 0 unspecified atom stereocenters. The van der Waals surface area contributed by atoms with Crippen molar-refractivity contribution in [2.45, 2.75) is 52.4 Å². The van der Waals surface area contributed by atoms with Gasteiger partial charge in [-0.05, 0) is 73.5 Å². The van der Waals surface area contributed by atoms with Crippen LogP contribution in [0.5, 0.6) is 11.5 Å². The lowest BCUT2D eigenvalue weighted by atomic mass is 9.46. The molecule has 158 valence electrons. The number of fused-ring (bicyclic) bond motifs is 1. The molecule has 2 aliphatic rings. The Morgan fingerprint density at radius 2 is 2.07 bits per heavy atom. The van der Waals surface area contributed by atoms with E-state index in [1.54, 1.807) is 6.07 Å². The maximum absolute atomic E-state index is 12.7. The average molecular weight is 401 g/mol. The van der Waals surface area contributed by atoms with Crippen LogP contribution in [-0.2, 0) is 16.0 Å². The Morgan fingerprint density at radius 1 is 1.34 bits per heavy atom. The molecule has 1 aromatic carbocycles. The Balaban J connectivity index is 2.11. The number of carbonyl (C=O) groups excluding carboxylic acids is 2. The predicted octanol–water partition coefficient (Wildman–Crippen LogP) is 4.71. The van der Waals surface area contributed by atoms with E-state index >= 15 is 0 Å². The largest absolute Gasteiger partial charge is 0.504 e. The molecule has 0 amide bonds. The third-order valence-corrected chi connectivity index (χ3v) is 7.72. The summed E-state index contributed by atoms with van der Waals surface area (Å²) in [7, 11) is 2.76. The van der Waals surface area contributed by atoms with Crippen molar-refractivity contribution < 1.29 is 24.2 Å². The van der Waals surface area contributed by atoms with E-state index in [4.69, 9.17) is 9.47 Å². The van der Waals surface area contributed by atoms with Crippen LogP contribution in [0.3, 0.4) is 0 Å². The Bertz CT molecular complexity index is 829. The molecule has 1 N–H and O–H groups in total. The Hall–Kier alpha value is -2.30. The van der Waals surface area contributed by atoms with E-state index in [-0.39, 0.29) is 28.7 Å². The van der Waals surface area contributed by atoms with Crippen molar-refractivity contribution in [3.63, 3.8) is 0 Å². The van der Waals surface area contributed by atoms with Gasteiger partial charge < -0.3 is 19.4 Å². The summed E-state index contributed by atoms with van der Waals surface area (Å²) in [5.41, 5.74) is 1.37. The lowest BCUT2D eigenvalue weighted by Crippen LogP contribution is -2.53. The molecule has 2 saturated carbocycles. The first-order chi connectivity index (χ1) is 13.7. The van der Waals surface area contributed by atoms with Gasteiger partial charge in [-0.25, -0.2) is 4.79 Å². The average Bonchev–Trinajstić information content (AvgIpc) is 2.72. The minimum Gasteiger partial charge on any atom is -0.504 e. The van der Waals surface area contributed by atoms with Crippen molar-refractivity contribution in [1.82, 2.24) is 0 Å². The van der Waals surface area contributed by atoms with Crippen LogP contribution in [0, 0.1) is 22.7 Å². The van der Waals surface area contributed by atoms with Crippen molar-refractivity contribution >= 4 is 12.3 Å². The molecule has 2 aliphatic carbocycles. The van der Waals surface area contributed by atoms with Gasteiger partial charge in [0.15, 0.2) is 11.5 Å². The number of aromatic hydroxyl groups is 1.